The van der Waals surface area contributed by atoms with E-state index in [1.54, 1.807) is 41.1 Å². The van der Waals surface area contributed by atoms with Gasteiger partial charge in [0.1, 0.15) is 5.76 Å². The molecule has 158 valence electrons. The average Bonchev–Trinajstić information content (AvgIpc) is 3.15. The Morgan fingerprint density at radius 2 is 2.10 bits per heavy atom. The van der Waals surface area contributed by atoms with Crippen LogP contribution >= 0.6 is 11.6 Å². The number of oxazole rings is 1. The molecule has 4 heterocycles. The number of nitrogens with zero attached hydrogens (tertiary/aromatic N) is 4. The number of aromatic nitrogens is 2. The normalized spacial score (nSPS) is 15.4. The predicted molar refractivity (Wildman–Crippen MR) is 115 cm³/mol. The van der Waals surface area contributed by atoms with Gasteiger partial charge in [-0.2, -0.15) is 0 Å². The number of rotatable bonds is 3. The Kier molecular flexibility index (Phi) is 4.86. The fraction of sp³-hybridized carbons (Fsp3) is 0.273. The van der Waals surface area contributed by atoms with Gasteiger partial charge in [-0.1, -0.05) is 23.7 Å². The number of carbonyl (C=O) groups excluding carboxylic acids is 2. The second-order valence-electron chi connectivity index (χ2n) is 7.63. The van der Waals surface area contributed by atoms with Crippen molar-refractivity contribution in [3.05, 3.63) is 70.0 Å². The molecule has 2 aliphatic rings. The van der Waals surface area contributed by atoms with Crippen molar-refractivity contribution in [2.75, 3.05) is 23.3 Å². The van der Waals surface area contributed by atoms with Gasteiger partial charge in [-0.3, -0.25) is 9.59 Å². The van der Waals surface area contributed by atoms with E-state index in [-0.39, 0.29) is 18.4 Å². The highest BCUT2D eigenvalue weighted by Crippen LogP contribution is 2.31. The van der Waals surface area contributed by atoms with E-state index < -0.39 is 0 Å². The maximum Gasteiger partial charge on any atom is 0.255 e. The Morgan fingerprint density at radius 1 is 1.29 bits per heavy atom. The first-order valence-corrected chi connectivity index (χ1v) is 10.4. The quantitative estimate of drug-likeness (QED) is 0.676. The summed E-state index contributed by atoms with van der Waals surface area (Å²) >= 11 is 5.97. The SMILES string of the molecule is Cc1nc2c(o1)CN(C(=O)c1cnc3c(c1)N(Cc1ccc(Cl)cc1)C(=O)CN3)CC2. The molecule has 31 heavy (non-hydrogen) atoms. The minimum absolute atomic E-state index is 0.0893. The molecule has 0 fully saturated rings. The zero-order chi connectivity index (χ0) is 21.5. The second kappa shape index (κ2) is 7.70. The number of aryl methyl sites for hydroxylation is 1. The largest absolute Gasteiger partial charge is 0.444 e. The van der Waals surface area contributed by atoms with Crippen LogP contribution in [0.25, 0.3) is 0 Å². The highest BCUT2D eigenvalue weighted by Gasteiger charge is 2.29. The molecule has 2 amide bonds. The van der Waals surface area contributed by atoms with Crippen molar-refractivity contribution >= 4 is 34.9 Å². The molecule has 0 atom stereocenters. The maximum atomic E-state index is 13.2. The molecular weight excluding hydrogens is 418 g/mol. The van der Waals surface area contributed by atoms with Crippen molar-refractivity contribution in [1.29, 1.82) is 0 Å². The molecule has 3 aromatic rings. The molecule has 0 radical (unpaired) electrons. The van der Waals surface area contributed by atoms with Crippen LogP contribution in [0, 0.1) is 6.92 Å². The van der Waals surface area contributed by atoms with Crippen LogP contribution in [0.1, 0.15) is 33.3 Å². The molecule has 1 N–H and O–H groups in total. The van der Waals surface area contributed by atoms with E-state index in [2.05, 4.69) is 15.3 Å². The molecule has 2 aromatic heterocycles. The highest BCUT2D eigenvalue weighted by atomic mass is 35.5. The van der Waals surface area contributed by atoms with E-state index in [1.165, 1.54) is 0 Å². The van der Waals surface area contributed by atoms with Crippen molar-refractivity contribution < 1.29 is 14.0 Å². The second-order valence-corrected chi connectivity index (χ2v) is 8.07. The summed E-state index contributed by atoms with van der Waals surface area (Å²) in [6.45, 7) is 3.25. The van der Waals surface area contributed by atoms with Crippen molar-refractivity contribution in [3.8, 4) is 0 Å². The van der Waals surface area contributed by atoms with Gasteiger partial charge >= 0.3 is 0 Å². The van der Waals surface area contributed by atoms with Crippen molar-refractivity contribution in [3.63, 3.8) is 0 Å². The van der Waals surface area contributed by atoms with E-state index in [0.717, 1.165) is 17.0 Å². The summed E-state index contributed by atoms with van der Waals surface area (Å²) in [5, 5.41) is 3.66. The summed E-state index contributed by atoms with van der Waals surface area (Å²) in [7, 11) is 0. The van der Waals surface area contributed by atoms with Crippen molar-refractivity contribution in [1.82, 2.24) is 14.9 Å². The molecule has 0 saturated carbocycles. The third-order valence-electron chi connectivity index (χ3n) is 5.49. The lowest BCUT2D eigenvalue weighted by Gasteiger charge is -2.30. The van der Waals surface area contributed by atoms with Crippen LogP contribution in [0.15, 0.2) is 40.9 Å². The van der Waals surface area contributed by atoms with Gasteiger partial charge < -0.3 is 19.5 Å². The van der Waals surface area contributed by atoms with Gasteiger partial charge in [0, 0.05) is 31.1 Å². The predicted octanol–water partition coefficient (Wildman–Crippen LogP) is 3.19. The van der Waals surface area contributed by atoms with Crippen LogP contribution < -0.4 is 10.2 Å². The Hall–Kier alpha value is -3.39. The number of benzene rings is 1. The zero-order valence-corrected chi connectivity index (χ0v) is 17.6. The molecule has 0 aliphatic carbocycles. The number of amides is 2. The standard InChI is InChI=1S/C22H20ClN5O3/c1-13-26-17-6-7-27(12-19(17)31-13)22(30)15-8-18-21(24-9-15)25-10-20(29)28(18)11-14-2-4-16(23)5-3-14/h2-5,8-9H,6-7,10-12H2,1H3,(H,24,25). The monoisotopic (exact) mass is 437 g/mol. The topological polar surface area (TPSA) is 91.6 Å². The molecule has 0 bridgehead atoms. The number of carbonyl (C=O) groups is 2. The Balaban J connectivity index is 1.42. The minimum atomic E-state index is -0.153. The summed E-state index contributed by atoms with van der Waals surface area (Å²) in [6.07, 6.45) is 2.20. The van der Waals surface area contributed by atoms with Crippen LogP contribution in [0.4, 0.5) is 11.5 Å². The number of halogens is 1. The first kappa shape index (κ1) is 19.6. The smallest absolute Gasteiger partial charge is 0.255 e. The van der Waals surface area contributed by atoms with Gasteiger partial charge in [0.25, 0.3) is 5.91 Å². The van der Waals surface area contributed by atoms with E-state index >= 15 is 0 Å². The van der Waals surface area contributed by atoms with Gasteiger partial charge in [-0.25, -0.2) is 9.97 Å². The van der Waals surface area contributed by atoms with Crippen molar-refractivity contribution in [2.24, 2.45) is 0 Å². The van der Waals surface area contributed by atoms with Gasteiger partial charge in [0.05, 0.1) is 36.6 Å². The van der Waals surface area contributed by atoms with Gasteiger partial charge in [0.2, 0.25) is 5.91 Å². The summed E-state index contributed by atoms with van der Waals surface area (Å²) in [5.74, 6) is 1.67. The average molecular weight is 438 g/mol. The Morgan fingerprint density at radius 3 is 2.90 bits per heavy atom. The summed E-state index contributed by atoms with van der Waals surface area (Å²) in [6, 6.07) is 9.07. The molecule has 8 nitrogen and oxygen atoms in total. The molecule has 1 aromatic carbocycles. The van der Waals surface area contributed by atoms with E-state index in [4.69, 9.17) is 16.0 Å². The lowest BCUT2D eigenvalue weighted by atomic mass is 10.1. The van der Waals surface area contributed by atoms with Crippen LogP contribution in [0.5, 0.6) is 0 Å². The van der Waals surface area contributed by atoms with Gasteiger partial charge in [-0.15, -0.1) is 0 Å². The molecule has 5 rings (SSSR count). The number of hydrogen-bond donors (Lipinski definition) is 1. The molecule has 2 aliphatic heterocycles. The first-order chi connectivity index (χ1) is 15.0. The lowest BCUT2D eigenvalue weighted by Crippen LogP contribution is -2.40. The lowest BCUT2D eigenvalue weighted by molar-refractivity contribution is -0.117. The number of hydrogen-bond acceptors (Lipinski definition) is 6. The number of pyridine rings is 1. The van der Waals surface area contributed by atoms with E-state index in [9.17, 15) is 9.59 Å². The maximum absolute atomic E-state index is 13.2. The first-order valence-electron chi connectivity index (χ1n) is 10.0. The van der Waals surface area contributed by atoms with Gasteiger partial charge in [0.15, 0.2) is 11.7 Å². The van der Waals surface area contributed by atoms with Crippen LogP contribution in [-0.4, -0.2) is 39.8 Å². The van der Waals surface area contributed by atoms with Gasteiger partial charge in [-0.05, 0) is 23.8 Å². The van der Waals surface area contributed by atoms with Crippen LogP contribution in [0.3, 0.4) is 0 Å². The summed E-state index contributed by atoms with van der Waals surface area (Å²) in [4.78, 5) is 38.0. The van der Waals surface area contributed by atoms with Crippen LogP contribution in [0.2, 0.25) is 5.02 Å². The fourth-order valence-corrected chi connectivity index (χ4v) is 4.05. The molecule has 0 saturated heterocycles. The number of nitrogens with one attached hydrogen (secondary N) is 1. The van der Waals surface area contributed by atoms with Crippen LogP contribution in [-0.2, 0) is 24.3 Å². The Labute approximate surface area is 183 Å². The highest BCUT2D eigenvalue weighted by molar-refractivity contribution is 6.30. The minimum Gasteiger partial charge on any atom is -0.444 e. The van der Waals surface area contributed by atoms with E-state index in [0.29, 0.717) is 54.0 Å². The summed E-state index contributed by atoms with van der Waals surface area (Å²) in [5.41, 5.74) is 2.86. The number of fused-ring (bicyclic) bond motifs is 2. The third kappa shape index (κ3) is 3.74. The zero-order valence-electron chi connectivity index (χ0n) is 16.9. The molecule has 0 unspecified atom stereocenters. The summed E-state index contributed by atoms with van der Waals surface area (Å²) < 4.78 is 5.63. The molecule has 0 spiro atoms. The third-order valence-corrected chi connectivity index (χ3v) is 5.74. The Bertz CT molecular complexity index is 1170. The van der Waals surface area contributed by atoms with E-state index in [1.807, 2.05) is 12.1 Å². The van der Waals surface area contributed by atoms with Crippen molar-refractivity contribution in [2.45, 2.75) is 26.4 Å². The fourth-order valence-electron chi connectivity index (χ4n) is 3.93. The molecule has 9 heteroatoms. The number of anilines is 2. The molecular formula is C22H20ClN5O3.